The van der Waals surface area contributed by atoms with Gasteiger partial charge in [-0.3, -0.25) is 14.4 Å². The summed E-state index contributed by atoms with van der Waals surface area (Å²) >= 11 is 1.24. The van der Waals surface area contributed by atoms with Gasteiger partial charge in [0.25, 0.3) is 0 Å². The highest BCUT2D eigenvalue weighted by Gasteiger charge is 2.11. The summed E-state index contributed by atoms with van der Waals surface area (Å²) in [4.78, 5) is 36.1. The molecule has 6 nitrogen and oxygen atoms in total. The molecule has 0 unspecified atom stereocenters. The molecule has 7 heteroatoms. The second-order valence-electron chi connectivity index (χ2n) is 7.13. The molecule has 0 spiro atoms. The highest BCUT2D eigenvalue weighted by molar-refractivity contribution is 8.00. The molecule has 0 aliphatic carbocycles. The lowest BCUT2D eigenvalue weighted by Gasteiger charge is -2.12. The molecule has 0 aliphatic heterocycles. The Balaban J connectivity index is 1.82. The van der Waals surface area contributed by atoms with Gasteiger partial charge in [0.2, 0.25) is 17.7 Å². The van der Waals surface area contributed by atoms with Crippen LogP contribution in [0.3, 0.4) is 0 Å². The van der Waals surface area contributed by atoms with Crippen molar-refractivity contribution in [2.75, 3.05) is 27.5 Å². The van der Waals surface area contributed by atoms with Crippen LogP contribution in [-0.2, 0) is 14.4 Å². The summed E-state index contributed by atoms with van der Waals surface area (Å²) in [5.74, 6) is -0.219. The summed E-state index contributed by atoms with van der Waals surface area (Å²) in [6, 6.07) is 12.9. The van der Waals surface area contributed by atoms with E-state index in [1.165, 1.54) is 11.8 Å². The smallest absolute Gasteiger partial charge is 0.234 e. The minimum Gasteiger partial charge on any atom is -0.326 e. The Labute approximate surface area is 175 Å². The number of nitrogens with one attached hydrogen (secondary N) is 3. The van der Waals surface area contributed by atoms with Gasteiger partial charge in [0.05, 0.1) is 11.5 Å². The Morgan fingerprint density at radius 2 is 1.52 bits per heavy atom. The van der Waals surface area contributed by atoms with Crippen LogP contribution in [0.4, 0.5) is 17.1 Å². The first kappa shape index (κ1) is 22.5. The maximum Gasteiger partial charge on any atom is 0.234 e. The van der Waals surface area contributed by atoms with Crippen molar-refractivity contribution in [3.63, 3.8) is 0 Å². The summed E-state index contributed by atoms with van der Waals surface area (Å²) in [5, 5.41) is 8.48. The largest absolute Gasteiger partial charge is 0.326 e. The van der Waals surface area contributed by atoms with Gasteiger partial charge in [-0.2, -0.15) is 0 Å². The van der Waals surface area contributed by atoms with E-state index in [9.17, 15) is 14.4 Å². The Morgan fingerprint density at radius 1 is 0.862 bits per heavy atom. The predicted molar refractivity (Wildman–Crippen MR) is 120 cm³/mol. The highest BCUT2D eigenvalue weighted by atomic mass is 32.2. The van der Waals surface area contributed by atoms with Gasteiger partial charge in [-0.1, -0.05) is 32.0 Å². The molecule has 29 heavy (non-hydrogen) atoms. The molecule has 3 N–H and O–H groups in total. The van der Waals surface area contributed by atoms with Crippen molar-refractivity contribution in [2.24, 2.45) is 5.92 Å². The third kappa shape index (κ3) is 7.62. The Kier molecular flexibility index (Phi) is 8.27. The Hall–Kier alpha value is -2.80. The van der Waals surface area contributed by atoms with Crippen molar-refractivity contribution in [2.45, 2.75) is 27.7 Å². The van der Waals surface area contributed by atoms with Crippen LogP contribution in [0.2, 0.25) is 0 Å². The average Bonchev–Trinajstić information content (AvgIpc) is 2.64. The summed E-state index contributed by atoms with van der Waals surface area (Å²) in [6.45, 7) is 7.48. The van der Waals surface area contributed by atoms with Crippen LogP contribution in [0.25, 0.3) is 0 Å². The standard InChI is InChI=1S/C22H27N3O3S/c1-14(2)22(28)24-18-9-8-16(4)19(11-18)25-21(27)13-29-12-20(26)23-17-7-5-6-15(3)10-17/h5-11,14H,12-13H2,1-4H3,(H,23,26)(H,24,28)(H,25,27). The molecular formula is C22H27N3O3S. The topological polar surface area (TPSA) is 87.3 Å². The molecular weight excluding hydrogens is 386 g/mol. The van der Waals surface area contributed by atoms with Gasteiger partial charge in [0.1, 0.15) is 0 Å². The number of carbonyl (C=O) groups is 3. The molecule has 2 aromatic rings. The molecule has 2 aromatic carbocycles. The molecule has 0 heterocycles. The number of anilines is 3. The molecule has 0 aliphatic rings. The number of benzene rings is 2. The second-order valence-corrected chi connectivity index (χ2v) is 8.12. The van der Waals surface area contributed by atoms with Crippen LogP contribution in [0.5, 0.6) is 0 Å². The summed E-state index contributed by atoms with van der Waals surface area (Å²) in [7, 11) is 0. The van der Waals surface area contributed by atoms with E-state index in [4.69, 9.17) is 0 Å². The molecule has 3 amide bonds. The van der Waals surface area contributed by atoms with Crippen molar-refractivity contribution >= 4 is 46.5 Å². The van der Waals surface area contributed by atoms with Gasteiger partial charge < -0.3 is 16.0 Å². The number of thioether (sulfide) groups is 1. The van der Waals surface area contributed by atoms with Gasteiger partial charge in [-0.25, -0.2) is 0 Å². The summed E-state index contributed by atoms with van der Waals surface area (Å²) in [5.41, 5.74) is 3.98. The number of amides is 3. The van der Waals surface area contributed by atoms with Crippen molar-refractivity contribution in [3.8, 4) is 0 Å². The predicted octanol–water partition coefficient (Wildman–Crippen LogP) is 4.21. The minimum atomic E-state index is -0.200. The first-order valence-corrected chi connectivity index (χ1v) is 10.6. The zero-order valence-corrected chi connectivity index (χ0v) is 18.0. The van der Waals surface area contributed by atoms with E-state index in [-0.39, 0.29) is 35.1 Å². The van der Waals surface area contributed by atoms with Crippen LogP contribution >= 0.6 is 11.8 Å². The van der Waals surface area contributed by atoms with Crippen molar-refractivity contribution < 1.29 is 14.4 Å². The monoisotopic (exact) mass is 413 g/mol. The zero-order chi connectivity index (χ0) is 21.4. The van der Waals surface area contributed by atoms with E-state index in [0.29, 0.717) is 11.4 Å². The lowest BCUT2D eigenvalue weighted by molar-refractivity contribution is -0.119. The van der Waals surface area contributed by atoms with Crippen LogP contribution in [0.1, 0.15) is 25.0 Å². The van der Waals surface area contributed by atoms with Crippen molar-refractivity contribution in [3.05, 3.63) is 53.6 Å². The van der Waals surface area contributed by atoms with Crippen LogP contribution in [0.15, 0.2) is 42.5 Å². The van der Waals surface area contributed by atoms with E-state index in [2.05, 4.69) is 16.0 Å². The van der Waals surface area contributed by atoms with E-state index < -0.39 is 0 Å². The quantitative estimate of drug-likeness (QED) is 0.605. The van der Waals surface area contributed by atoms with E-state index in [1.54, 1.807) is 12.1 Å². The molecule has 0 saturated carbocycles. The van der Waals surface area contributed by atoms with Gasteiger partial charge >= 0.3 is 0 Å². The lowest BCUT2D eigenvalue weighted by Crippen LogP contribution is -2.20. The number of aryl methyl sites for hydroxylation is 2. The second kappa shape index (κ2) is 10.7. The fraction of sp³-hybridized carbons (Fsp3) is 0.318. The van der Waals surface area contributed by atoms with E-state index >= 15 is 0 Å². The average molecular weight is 414 g/mol. The van der Waals surface area contributed by atoms with Crippen LogP contribution in [0, 0.1) is 19.8 Å². The molecule has 0 saturated heterocycles. The third-order valence-corrected chi connectivity index (χ3v) is 5.00. The first-order valence-electron chi connectivity index (χ1n) is 9.40. The number of carbonyl (C=O) groups excluding carboxylic acids is 3. The fourth-order valence-corrected chi connectivity index (χ4v) is 3.08. The number of hydrogen-bond donors (Lipinski definition) is 3. The lowest BCUT2D eigenvalue weighted by atomic mass is 10.1. The number of hydrogen-bond acceptors (Lipinski definition) is 4. The van der Waals surface area contributed by atoms with Gasteiger partial charge in [-0.05, 0) is 49.2 Å². The summed E-state index contributed by atoms with van der Waals surface area (Å²) < 4.78 is 0. The van der Waals surface area contributed by atoms with Gasteiger partial charge in [0, 0.05) is 23.0 Å². The van der Waals surface area contributed by atoms with Gasteiger partial charge in [-0.15, -0.1) is 11.8 Å². The van der Waals surface area contributed by atoms with E-state index in [1.807, 2.05) is 58.0 Å². The molecule has 0 atom stereocenters. The highest BCUT2D eigenvalue weighted by Crippen LogP contribution is 2.21. The first-order chi connectivity index (χ1) is 13.7. The fourth-order valence-electron chi connectivity index (χ4n) is 2.46. The minimum absolute atomic E-state index is 0.0821. The summed E-state index contributed by atoms with van der Waals surface area (Å²) in [6.07, 6.45) is 0. The molecule has 2 rings (SSSR count). The molecule has 0 bridgehead atoms. The maximum atomic E-state index is 12.2. The third-order valence-electron chi connectivity index (χ3n) is 4.07. The normalized spacial score (nSPS) is 10.5. The van der Waals surface area contributed by atoms with Crippen molar-refractivity contribution in [1.82, 2.24) is 0 Å². The van der Waals surface area contributed by atoms with Crippen LogP contribution in [-0.4, -0.2) is 29.2 Å². The number of rotatable bonds is 8. The molecule has 0 aromatic heterocycles. The molecule has 154 valence electrons. The van der Waals surface area contributed by atoms with Crippen LogP contribution < -0.4 is 16.0 Å². The van der Waals surface area contributed by atoms with Gasteiger partial charge in [0.15, 0.2) is 0 Å². The Morgan fingerprint density at radius 3 is 2.17 bits per heavy atom. The van der Waals surface area contributed by atoms with E-state index in [0.717, 1.165) is 16.8 Å². The zero-order valence-electron chi connectivity index (χ0n) is 17.2. The molecule has 0 radical (unpaired) electrons. The Bertz CT molecular complexity index is 897. The maximum absolute atomic E-state index is 12.2. The van der Waals surface area contributed by atoms with Crippen molar-refractivity contribution in [1.29, 1.82) is 0 Å². The SMILES string of the molecule is Cc1cccc(NC(=O)CSCC(=O)Nc2cc(NC(=O)C(C)C)ccc2C)c1. The molecule has 0 fully saturated rings.